The Labute approximate surface area is 170 Å². The number of nitrogens with zero attached hydrogens (tertiary/aromatic N) is 3. The Balaban J connectivity index is 1.27. The summed E-state index contributed by atoms with van der Waals surface area (Å²) < 4.78 is 2.94. The van der Waals surface area contributed by atoms with Crippen molar-refractivity contribution in [1.29, 1.82) is 0 Å². The molecule has 0 bridgehead atoms. The highest BCUT2D eigenvalue weighted by atomic mass is 79.9. The predicted octanol–water partition coefficient (Wildman–Crippen LogP) is 4.90. The Morgan fingerprint density at radius 2 is 2.00 bits per heavy atom. The van der Waals surface area contributed by atoms with Crippen molar-refractivity contribution in [2.24, 2.45) is 5.92 Å². The molecule has 28 heavy (non-hydrogen) atoms. The number of carbonyl (C=O) groups excluding carboxylic acids is 1. The monoisotopic (exact) mass is 432 g/mol. The fraction of sp³-hybridized carbons (Fsp3) is 0.136. The molecule has 0 spiro atoms. The van der Waals surface area contributed by atoms with E-state index in [0.717, 1.165) is 27.8 Å². The van der Waals surface area contributed by atoms with E-state index in [2.05, 4.69) is 43.3 Å². The molecule has 2 unspecified atom stereocenters. The lowest BCUT2D eigenvalue weighted by atomic mass is 10.1. The lowest BCUT2D eigenvalue weighted by molar-refractivity contribution is -0.117. The zero-order valence-corrected chi connectivity index (χ0v) is 16.5. The van der Waals surface area contributed by atoms with Crippen molar-refractivity contribution in [3.63, 3.8) is 0 Å². The van der Waals surface area contributed by atoms with Gasteiger partial charge in [-0.1, -0.05) is 40.2 Å². The lowest BCUT2D eigenvalue weighted by Gasteiger charge is -2.06. The molecule has 0 saturated heterocycles. The molecule has 1 saturated carbocycles. The molecular formula is C22H17BrN4O. The summed E-state index contributed by atoms with van der Waals surface area (Å²) in [4.78, 5) is 21.3. The van der Waals surface area contributed by atoms with E-state index in [1.54, 1.807) is 6.20 Å². The number of amides is 1. The highest BCUT2D eigenvalue weighted by Gasteiger charge is 2.43. The molecule has 5 rings (SSSR count). The second kappa shape index (κ2) is 6.87. The molecule has 2 atom stereocenters. The van der Waals surface area contributed by atoms with Gasteiger partial charge in [-0.05, 0) is 48.2 Å². The van der Waals surface area contributed by atoms with Crippen LogP contribution >= 0.6 is 15.9 Å². The average molecular weight is 433 g/mol. The van der Waals surface area contributed by atoms with Gasteiger partial charge < -0.3 is 5.32 Å². The van der Waals surface area contributed by atoms with Crippen LogP contribution in [-0.2, 0) is 4.79 Å². The summed E-state index contributed by atoms with van der Waals surface area (Å²) in [7, 11) is 0. The summed E-state index contributed by atoms with van der Waals surface area (Å²) in [5, 5.41) is 3.03. The number of imidazole rings is 1. The van der Waals surface area contributed by atoms with Crippen LogP contribution in [0.4, 0.5) is 5.69 Å². The molecule has 1 fully saturated rings. The van der Waals surface area contributed by atoms with E-state index in [-0.39, 0.29) is 11.8 Å². The summed E-state index contributed by atoms with van der Waals surface area (Å²) in [6.45, 7) is 0. The van der Waals surface area contributed by atoms with Crippen LogP contribution in [0.1, 0.15) is 17.9 Å². The van der Waals surface area contributed by atoms with Crippen molar-refractivity contribution in [2.75, 3.05) is 5.32 Å². The van der Waals surface area contributed by atoms with Gasteiger partial charge >= 0.3 is 0 Å². The van der Waals surface area contributed by atoms with Crippen molar-refractivity contribution in [1.82, 2.24) is 14.4 Å². The number of aromatic nitrogens is 3. The van der Waals surface area contributed by atoms with Gasteiger partial charge in [0.25, 0.3) is 0 Å². The van der Waals surface area contributed by atoms with Crippen LogP contribution in [0.25, 0.3) is 17.0 Å². The highest BCUT2D eigenvalue weighted by molar-refractivity contribution is 9.10. The Kier molecular flexibility index (Phi) is 4.20. The van der Waals surface area contributed by atoms with E-state index in [1.807, 2.05) is 59.3 Å². The molecular weight excluding hydrogens is 416 g/mol. The molecule has 2 aromatic carbocycles. The summed E-state index contributed by atoms with van der Waals surface area (Å²) in [6.07, 6.45) is 6.49. The molecule has 1 aliphatic carbocycles. The van der Waals surface area contributed by atoms with E-state index >= 15 is 0 Å². The van der Waals surface area contributed by atoms with Gasteiger partial charge in [0.05, 0.1) is 5.69 Å². The number of rotatable bonds is 4. The zero-order valence-electron chi connectivity index (χ0n) is 14.9. The number of hydrogen-bond donors (Lipinski definition) is 1. The molecule has 2 heterocycles. The van der Waals surface area contributed by atoms with Gasteiger partial charge in [-0.3, -0.25) is 9.20 Å². The van der Waals surface area contributed by atoms with E-state index in [1.165, 1.54) is 5.56 Å². The second-order valence-corrected chi connectivity index (χ2v) is 7.94. The van der Waals surface area contributed by atoms with E-state index in [9.17, 15) is 4.79 Å². The Bertz CT molecular complexity index is 1140. The highest BCUT2D eigenvalue weighted by Crippen LogP contribution is 2.48. The summed E-state index contributed by atoms with van der Waals surface area (Å²) in [6, 6.07) is 17.8. The van der Waals surface area contributed by atoms with Crippen LogP contribution in [0.5, 0.6) is 0 Å². The minimum absolute atomic E-state index is 0.0403. The summed E-state index contributed by atoms with van der Waals surface area (Å²) in [5.74, 6) is 1.09. The fourth-order valence-corrected chi connectivity index (χ4v) is 3.94. The molecule has 1 N–H and O–H groups in total. The molecule has 1 aliphatic rings. The van der Waals surface area contributed by atoms with Crippen LogP contribution < -0.4 is 5.32 Å². The standard InChI is InChI=1S/C22H17BrN4O/c23-16-4-1-3-15(11-16)18-12-19(18)21(28)25-17-7-5-14(6-8-17)20-13-27-10-2-9-24-22(27)26-20/h1-11,13,18-19H,12H2,(H,25,28). The van der Waals surface area contributed by atoms with Gasteiger partial charge in [0, 0.05) is 40.2 Å². The minimum atomic E-state index is 0.0403. The number of carbonyl (C=O) groups is 1. The first kappa shape index (κ1) is 17.1. The summed E-state index contributed by atoms with van der Waals surface area (Å²) >= 11 is 3.49. The number of nitrogens with one attached hydrogen (secondary N) is 1. The molecule has 138 valence electrons. The number of benzene rings is 2. The molecule has 4 aromatic rings. The number of anilines is 1. The minimum Gasteiger partial charge on any atom is -0.326 e. The van der Waals surface area contributed by atoms with Crippen molar-refractivity contribution < 1.29 is 4.79 Å². The smallest absolute Gasteiger partial charge is 0.234 e. The molecule has 0 radical (unpaired) electrons. The largest absolute Gasteiger partial charge is 0.326 e. The maximum Gasteiger partial charge on any atom is 0.234 e. The van der Waals surface area contributed by atoms with E-state index in [0.29, 0.717) is 11.7 Å². The predicted molar refractivity (Wildman–Crippen MR) is 112 cm³/mol. The Morgan fingerprint density at radius 1 is 1.14 bits per heavy atom. The third-order valence-corrected chi connectivity index (χ3v) is 5.58. The van der Waals surface area contributed by atoms with E-state index in [4.69, 9.17) is 0 Å². The van der Waals surface area contributed by atoms with Gasteiger partial charge in [0.1, 0.15) is 0 Å². The van der Waals surface area contributed by atoms with Gasteiger partial charge in [-0.2, -0.15) is 0 Å². The topological polar surface area (TPSA) is 59.3 Å². The third-order valence-electron chi connectivity index (χ3n) is 5.09. The number of hydrogen-bond acceptors (Lipinski definition) is 3. The Hall–Kier alpha value is -2.99. The maximum absolute atomic E-state index is 12.6. The third kappa shape index (κ3) is 3.31. The first-order chi connectivity index (χ1) is 13.7. The van der Waals surface area contributed by atoms with Crippen molar-refractivity contribution >= 4 is 33.3 Å². The van der Waals surface area contributed by atoms with Crippen LogP contribution in [0.2, 0.25) is 0 Å². The molecule has 5 nitrogen and oxygen atoms in total. The van der Waals surface area contributed by atoms with Crippen LogP contribution in [-0.4, -0.2) is 20.3 Å². The first-order valence-corrected chi connectivity index (χ1v) is 9.93. The fourth-order valence-electron chi connectivity index (χ4n) is 3.52. The Morgan fingerprint density at radius 3 is 2.79 bits per heavy atom. The first-order valence-electron chi connectivity index (χ1n) is 9.14. The molecule has 1 amide bonds. The van der Waals surface area contributed by atoms with Crippen molar-refractivity contribution in [3.8, 4) is 11.3 Å². The quantitative estimate of drug-likeness (QED) is 0.498. The molecule has 6 heteroatoms. The second-order valence-electron chi connectivity index (χ2n) is 7.02. The van der Waals surface area contributed by atoms with Crippen molar-refractivity contribution in [3.05, 3.63) is 83.2 Å². The van der Waals surface area contributed by atoms with Gasteiger partial charge in [-0.15, -0.1) is 0 Å². The zero-order chi connectivity index (χ0) is 19.1. The van der Waals surface area contributed by atoms with Crippen LogP contribution in [0.15, 0.2) is 77.7 Å². The molecule has 2 aromatic heterocycles. The van der Waals surface area contributed by atoms with Crippen molar-refractivity contribution in [2.45, 2.75) is 12.3 Å². The normalized spacial score (nSPS) is 18.2. The number of halogens is 1. The van der Waals surface area contributed by atoms with Gasteiger partial charge in [-0.25, -0.2) is 9.97 Å². The average Bonchev–Trinajstić information content (AvgIpc) is 3.40. The molecule has 0 aliphatic heterocycles. The maximum atomic E-state index is 12.6. The van der Waals surface area contributed by atoms with E-state index < -0.39 is 0 Å². The SMILES string of the molecule is O=C(Nc1ccc(-c2cn3cccnc3n2)cc1)C1CC1c1cccc(Br)c1. The van der Waals surface area contributed by atoms with Crippen LogP contribution in [0, 0.1) is 5.92 Å². The summed E-state index contributed by atoms with van der Waals surface area (Å²) in [5.41, 5.74) is 3.86. The number of fused-ring (bicyclic) bond motifs is 1. The van der Waals surface area contributed by atoms with Gasteiger partial charge in [0.15, 0.2) is 0 Å². The lowest BCUT2D eigenvalue weighted by Crippen LogP contribution is -2.14. The van der Waals surface area contributed by atoms with Crippen LogP contribution in [0.3, 0.4) is 0 Å². The van der Waals surface area contributed by atoms with Gasteiger partial charge in [0.2, 0.25) is 11.7 Å².